The Morgan fingerprint density at radius 2 is 2.25 bits per heavy atom. The number of carboxylic acid groups (broad SMARTS) is 1. The zero-order valence-corrected chi connectivity index (χ0v) is 14.4. The molecule has 1 aromatic rings. The summed E-state index contributed by atoms with van der Waals surface area (Å²) in [7, 11) is 3.61. The highest BCUT2D eigenvalue weighted by molar-refractivity contribution is 5.78. The van der Waals surface area contributed by atoms with Crippen LogP contribution < -0.4 is 15.8 Å². The number of piperidine rings is 1. The number of methoxy groups -OCH3 is 1. The van der Waals surface area contributed by atoms with Crippen molar-refractivity contribution in [1.82, 2.24) is 5.32 Å². The van der Waals surface area contributed by atoms with E-state index in [1.165, 1.54) is 0 Å². The van der Waals surface area contributed by atoms with Crippen LogP contribution in [0.5, 0.6) is 5.75 Å². The molecule has 132 valence electrons. The Hall–Kier alpha value is -2.28. The second-order valence-electron chi connectivity index (χ2n) is 6.57. The van der Waals surface area contributed by atoms with Gasteiger partial charge < -0.3 is 25.4 Å². The molecule has 24 heavy (non-hydrogen) atoms. The summed E-state index contributed by atoms with van der Waals surface area (Å²) in [5, 5.41) is 12.3. The number of rotatable bonds is 6. The number of likely N-dealkylation sites (tertiary alicyclic amines) is 1. The molecule has 0 aliphatic carbocycles. The van der Waals surface area contributed by atoms with Crippen molar-refractivity contribution in [3.63, 3.8) is 0 Å². The summed E-state index contributed by atoms with van der Waals surface area (Å²) in [5.41, 5.74) is 6.98. The van der Waals surface area contributed by atoms with Crippen molar-refractivity contribution in [1.29, 1.82) is 0 Å². The lowest BCUT2D eigenvalue weighted by Gasteiger charge is -2.40. The Kier molecular flexibility index (Phi) is 6.03. The number of aliphatic carboxylic acids is 1. The normalized spacial score (nSPS) is 24.4. The zero-order chi connectivity index (χ0) is 17.6. The van der Waals surface area contributed by atoms with Crippen LogP contribution in [0.25, 0.3) is 0 Å². The summed E-state index contributed by atoms with van der Waals surface area (Å²) in [6, 6.07) is 7.84. The number of carbonyl (C=O) groups is 1. The number of quaternary nitrogens is 1. The van der Waals surface area contributed by atoms with Crippen LogP contribution in [-0.4, -0.2) is 61.4 Å². The minimum absolute atomic E-state index is 0.135. The summed E-state index contributed by atoms with van der Waals surface area (Å²) in [6.45, 7) is 2.19. The number of nitrogens with zero attached hydrogens (tertiary/aromatic N) is 2. The first-order valence-electron chi connectivity index (χ1n) is 8.15. The lowest BCUT2D eigenvalue weighted by Crippen LogP contribution is -2.59. The zero-order valence-electron chi connectivity index (χ0n) is 14.4. The lowest BCUT2D eigenvalue weighted by atomic mass is 10.0. The number of nitrogens with two attached hydrogens (primary N) is 1. The van der Waals surface area contributed by atoms with E-state index in [1.54, 1.807) is 7.11 Å². The standard InChI is InChI=1S/C17H26N4O3/c1-21(12-16(22)23)9-5-7-14(11-21)20-17(18)19-10-13-6-3-4-8-15(13)24-2/h3-4,6,8,14H,5,7,9-12H2,1-2H3,(H3-,18,19,20,22,23)/p+1. The number of para-hydroxylation sites is 1. The summed E-state index contributed by atoms with van der Waals surface area (Å²) >= 11 is 0. The quantitative estimate of drug-likeness (QED) is 0.406. The van der Waals surface area contributed by atoms with Crippen LogP contribution in [0.2, 0.25) is 0 Å². The van der Waals surface area contributed by atoms with Crippen molar-refractivity contribution in [3.05, 3.63) is 29.8 Å². The highest BCUT2D eigenvalue weighted by atomic mass is 16.5. The van der Waals surface area contributed by atoms with Crippen molar-refractivity contribution in [2.45, 2.75) is 25.4 Å². The number of nitrogens with one attached hydrogen (secondary N) is 1. The average Bonchev–Trinajstić information content (AvgIpc) is 2.52. The number of benzene rings is 1. The van der Waals surface area contributed by atoms with Crippen LogP contribution in [0.3, 0.4) is 0 Å². The SMILES string of the molecule is COc1ccccc1CN=C(N)NC1CCC[N+](C)(CC(=O)O)C1. The van der Waals surface area contributed by atoms with E-state index >= 15 is 0 Å². The fraction of sp³-hybridized carbons (Fsp3) is 0.529. The van der Waals surface area contributed by atoms with Gasteiger partial charge in [0.1, 0.15) is 5.75 Å². The van der Waals surface area contributed by atoms with Gasteiger partial charge in [0.25, 0.3) is 0 Å². The second-order valence-corrected chi connectivity index (χ2v) is 6.57. The summed E-state index contributed by atoms with van der Waals surface area (Å²) in [4.78, 5) is 15.4. The number of aliphatic imine (C=N–C) groups is 1. The first-order valence-corrected chi connectivity index (χ1v) is 8.15. The molecule has 0 spiro atoms. The first kappa shape index (κ1) is 18.1. The summed E-state index contributed by atoms with van der Waals surface area (Å²) in [6.07, 6.45) is 1.94. The van der Waals surface area contributed by atoms with Crippen LogP contribution in [0.4, 0.5) is 0 Å². The number of carboxylic acids is 1. The molecule has 1 aliphatic rings. The molecule has 1 aliphatic heterocycles. The maximum absolute atomic E-state index is 11.0. The van der Waals surface area contributed by atoms with E-state index in [0.717, 1.165) is 37.2 Å². The van der Waals surface area contributed by atoms with E-state index in [2.05, 4.69) is 10.3 Å². The van der Waals surface area contributed by atoms with Gasteiger partial charge in [0.2, 0.25) is 0 Å². The first-order chi connectivity index (χ1) is 11.4. The fourth-order valence-electron chi connectivity index (χ4n) is 3.28. The van der Waals surface area contributed by atoms with Gasteiger partial charge in [0.05, 0.1) is 39.8 Å². The third kappa shape index (κ3) is 5.13. The van der Waals surface area contributed by atoms with E-state index in [4.69, 9.17) is 15.6 Å². The van der Waals surface area contributed by atoms with E-state index < -0.39 is 5.97 Å². The summed E-state index contributed by atoms with van der Waals surface area (Å²) in [5.74, 6) is 0.406. The number of guanidine groups is 1. The molecule has 0 saturated carbocycles. The van der Waals surface area contributed by atoms with Crippen molar-refractivity contribution >= 4 is 11.9 Å². The predicted molar refractivity (Wildman–Crippen MR) is 92.9 cm³/mol. The van der Waals surface area contributed by atoms with Gasteiger partial charge in [-0.25, -0.2) is 9.79 Å². The molecule has 7 heteroatoms. The van der Waals surface area contributed by atoms with Crippen LogP contribution >= 0.6 is 0 Å². The van der Waals surface area contributed by atoms with E-state index in [9.17, 15) is 4.79 Å². The van der Waals surface area contributed by atoms with Gasteiger partial charge in [0, 0.05) is 5.56 Å². The van der Waals surface area contributed by atoms with Crippen LogP contribution in [-0.2, 0) is 11.3 Å². The van der Waals surface area contributed by atoms with Crippen LogP contribution in [0.1, 0.15) is 18.4 Å². The molecule has 0 amide bonds. The van der Waals surface area contributed by atoms with Gasteiger partial charge in [-0.05, 0) is 18.9 Å². The monoisotopic (exact) mass is 335 g/mol. The van der Waals surface area contributed by atoms with Crippen LogP contribution in [0, 0.1) is 0 Å². The topological polar surface area (TPSA) is 96.9 Å². The third-order valence-electron chi connectivity index (χ3n) is 4.39. The predicted octanol–water partition coefficient (Wildman–Crippen LogP) is 0.793. The molecule has 0 aromatic heterocycles. The lowest BCUT2D eigenvalue weighted by molar-refractivity contribution is -0.908. The maximum atomic E-state index is 11.0. The third-order valence-corrected chi connectivity index (χ3v) is 4.39. The number of ether oxygens (including phenoxy) is 1. The van der Waals surface area contributed by atoms with Crippen molar-refractivity contribution < 1.29 is 19.1 Å². The van der Waals surface area contributed by atoms with E-state index in [1.807, 2.05) is 31.3 Å². The molecule has 1 fully saturated rings. The molecule has 7 nitrogen and oxygen atoms in total. The van der Waals surface area contributed by atoms with Gasteiger partial charge in [-0.1, -0.05) is 18.2 Å². The second kappa shape index (κ2) is 8.01. The largest absolute Gasteiger partial charge is 0.496 e. The number of hydrogen-bond donors (Lipinski definition) is 3. The van der Waals surface area contributed by atoms with Gasteiger partial charge >= 0.3 is 5.97 Å². The minimum atomic E-state index is -0.768. The smallest absolute Gasteiger partial charge is 0.359 e. The van der Waals surface area contributed by atoms with Gasteiger partial charge in [-0.3, -0.25) is 0 Å². The molecule has 2 rings (SSSR count). The van der Waals surface area contributed by atoms with Crippen molar-refractivity contribution in [2.75, 3.05) is 33.8 Å². The fourth-order valence-corrected chi connectivity index (χ4v) is 3.28. The van der Waals surface area contributed by atoms with E-state index in [-0.39, 0.29) is 12.6 Å². The molecule has 0 bridgehead atoms. The number of likely N-dealkylation sites (N-methyl/N-ethyl adjacent to an activating group) is 1. The Morgan fingerprint density at radius 3 is 2.96 bits per heavy atom. The van der Waals surface area contributed by atoms with Crippen molar-refractivity contribution in [2.24, 2.45) is 10.7 Å². The molecular weight excluding hydrogens is 308 g/mol. The molecule has 2 unspecified atom stereocenters. The molecule has 2 atom stereocenters. The Labute approximate surface area is 142 Å². The number of hydrogen-bond acceptors (Lipinski definition) is 3. The molecule has 4 N–H and O–H groups in total. The average molecular weight is 335 g/mol. The summed E-state index contributed by atoms with van der Waals surface area (Å²) < 4.78 is 5.82. The molecule has 1 saturated heterocycles. The van der Waals surface area contributed by atoms with E-state index in [0.29, 0.717) is 17.0 Å². The molecule has 1 heterocycles. The van der Waals surface area contributed by atoms with Gasteiger partial charge in [-0.2, -0.15) is 0 Å². The molecule has 0 radical (unpaired) electrons. The Balaban J connectivity index is 1.93. The van der Waals surface area contributed by atoms with Crippen LogP contribution in [0.15, 0.2) is 29.3 Å². The minimum Gasteiger partial charge on any atom is -0.496 e. The van der Waals surface area contributed by atoms with Crippen molar-refractivity contribution in [3.8, 4) is 5.75 Å². The molecule has 1 aromatic carbocycles. The highest BCUT2D eigenvalue weighted by Gasteiger charge is 2.33. The Bertz CT molecular complexity index is 605. The molecular formula is C17H27N4O3+. The Morgan fingerprint density at radius 1 is 1.50 bits per heavy atom. The maximum Gasteiger partial charge on any atom is 0.359 e. The van der Waals surface area contributed by atoms with Gasteiger partial charge in [-0.15, -0.1) is 0 Å². The van der Waals surface area contributed by atoms with Gasteiger partial charge in [0.15, 0.2) is 12.5 Å². The highest BCUT2D eigenvalue weighted by Crippen LogP contribution is 2.18.